The van der Waals surface area contributed by atoms with E-state index in [-0.39, 0.29) is 30.4 Å². The summed E-state index contributed by atoms with van der Waals surface area (Å²) in [6, 6.07) is 9.80. The molecule has 2 aliphatic rings. The van der Waals surface area contributed by atoms with Crippen LogP contribution in [0.1, 0.15) is 44.7 Å². The SMILES string of the molecule is CC1(C)NC(=O)N(CCCC(=O)N2CCC2c2ccccc2)C1=O. The number of rotatable bonds is 5. The molecular weight excluding hydrogens is 306 g/mol. The second-order valence-corrected chi connectivity index (χ2v) is 6.92. The number of benzene rings is 1. The zero-order chi connectivity index (χ0) is 17.3. The number of hydrogen-bond donors (Lipinski definition) is 1. The lowest BCUT2D eigenvalue weighted by Crippen LogP contribution is -2.45. The molecule has 0 aromatic heterocycles. The number of nitrogens with one attached hydrogen (secondary N) is 1. The molecule has 0 bridgehead atoms. The quantitative estimate of drug-likeness (QED) is 0.841. The summed E-state index contributed by atoms with van der Waals surface area (Å²) in [5.74, 6) is -0.146. The van der Waals surface area contributed by atoms with Crippen molar-refractivity contribution in [2.75, 3.05) is 13.1 Å². The number of carbonyl (C=O) groups excluding carboxylic acids is 3. The summed E-state index contributed by atoms with van der Waals surface area (Å²) >= 11 is 0. The summed E-state index contributed by atoms with van der Waals surface area (Å²) in [4.78, 5) is 39.4. The van der Waals surface area contributed by atoms with Gasteiger partial charge in [0.05, 0.1) is 6.04 Å². The normalized spacial score (nSPS) is 22.3. The zero-order valence-corrected chi connectivity index (χ0v) is 14.1. The van der Waals surface area contributed by atoms with Crippen molar-refractivity contribution in [2.24, 2.45) is 0 Å². The summed E-state index contributed by atoms with van der Waals surface area (Å²) in [6.07, 6.45) is 1.82. The molecular formula is C18H23N3O3. The van der Waals surface area contributed by atoms with Gasteiger partial charge in [-0.3, -0.25) is 14.5 Å². The molecule has 2 saturated heterocycles. The molecule has 2 aliphatic heterocycles. The zero-order valence-electron chi connectivity index (χ0n) is 14.1. The van der Waals surface area contributed by atoms with E-state index < -0.39 is 5.54 Å². The van der Waals surface area contributed by atoms with Gasteiger partial charge in [0.1, 0.15) is 5.54 Å². The van der Waals surface area contributed by atoms with Crippen LogP contribution in [0.15, 0.2) is 30.3 Å². The number of imide groups is 1. The highest BCUT2D eigenvalue weighted by molar-refractivity contribution is 6.06. The molecule has 2 fully saturated rings. The van der Waals surface area contributed by atoms with Crippen LogP contribution in [0.4, 0.5) is 4.79 Å². The first kappa shape index (κ1) is 16.5. The maximum absolute atomic E-state index is 12.4. The Morgan fingerprint density at radius 2 is 1.96 bits per heavy atom. The lowest BCUT2D eigenvalue weighted by atomic mass is 9.94. The Balaban J connectivity index is 1.50. The van der Waals surface area contributed by atoms with E-state index >= 15 is 0 Å². The van der Waals surface area contributed by atoms with Crippen LogP contribution < -0.4 is 5.32 Å². The smallest absolute Gasteiger partial charge is 0.325 e. The highest BCUT2D eigenvalue weighted by atomic mass is 16.2. The molecule has 3 rings (SSSR count). The van der Waals surface area contributed by atoms with E-state index in [1.54, 1.807) is 13.8 Å². The highest BCUT2D eigenvalue weighted by Gasteiger charge is 2.43. The van der Waals surface area contributed by atoms with Crippen LogP contribution in [0.25, 0.3) is 0 Å². The first-order valence-electron chi connectivity index (χ1n) is 8.39. The number of likely N-dealkylation sites (tertiary alicyclic amines) is 1. The van der Waals surface area contributed by atoms with Crippen molar-refractivity contribution in [1.82, 2.24) is 15.1 Å². The second-order valence-electron chi connectivity index (χ2n) is 6.92. The van der Waals surface area contributed by atoms with Gasteiger partial charge in [0.2, 0.25) is 5.91 Å². The van der Waals surface area contributed by atoms with Gasteiger partial charge >= 0.3 is 6.03 Å². The summed E-state index contributed by atoms with van der Waals surface area (Å²) in [7, 11) is 0. The van der Waals surface area contributed by atoms with E-state index in [1.165, 1.54) is 4.90 Å². The van der Waals surface area contributed by atoms with Crippen molar-refractivity contribution in [1.29, 1.82) is 0 Å². The summed E-state index contributed by atoms with van der Waals surface area (Å²) in [5, 5.41) is 2.65. The van der Waals surface area contributed by atoms with Crippen LogP contribution >= 0.6 is 0 Å². The minimum Gasteiger partial charge on any atom is -0.336 e. The molecule has 1 aromatic rings. The van der Waals surface area contributed by atoms with Gasteiger partial charge in [-0.2, -0.15) is 0 Å². The van der Waals surface area contributed by atoms with E-state index in [0.717, 1.165) is 18.5 Å². The van der Waals surface area contributed by atoms with Crippen LogP contribution in [-0.4, -0.2) is 46.3 Å². The fourth-order valence-electron chi connectivity index (χ4n) is 3.26. The lowest BCUT2D eigenvalue weighted by Gasteiger charge is -2.41. The number of amides is 4. The Hall–Kier alpha value is -2.37. The van der Waals surface area contributed by atoms with E-state index in [4.69, 9.17) is 0 Å². The van der Waals surface area contributed by atoms with E-state index in [0.29, 0.717) is 12.8 Å². The molecule has 4 amide bonds. The fraction of sp³-hybridized carbons (Fsp3) is 0.500. The third-order valence-electron chi connectivity index (χ3n) is 4.74. The second kappa shape index (κ2) is 6.26. The van der Waals surface area contributed by atoms with Crippen LogP contribution in [0.2, 0.25) is 0 Å². The van der Waals surface area contributed by atoms with Gasteiger partial charge in [-0.05, 0) is 32.3 Å². The van der Waals surface area contributed by atoms with Gasteiger partial charge in [0.25, 0.3) is 5.91 Å². The lowest BCUT2D eigenvalue weighted by molar-refractivity contribution is -0.139. The van der Waals surface area contributed by atoms with Crippen molar-refractivity contribution in [3.8, 4) is 0 Å². The average molecular weight is 329 g/mol. The van der Waals surface area contributed by atoms with Crippen LogP contribution in [-0.2, 0) is 9.59 Å². The third kappa shape index (κ3) is 3.00. The van der Waals surface area contributed by atoms with Crippen LogP contribution in [0.5, 0.6) is 0 Å². The number of hydrogen-bond acceptors (Lipinski definition) is 3. The predicted octanol–water partition coefficient (Wildman–Crippen LogP) is 2.07. The van der Waals surface area contributed by atoms with Crippen LogP contribution in [0.3, 0.4) is 0 Å². The molecule has 6 nitrogen and oxygen atoms in total. The molecule has 1 N–H and O–H groups in total. The van der Waals surface area contributed by atoms with Crippen molar-refractivity contribution in [3.63, 3.8) is 0 Å². The Bertz CT molecular complexity index is 657. The van der Waals surface area contributed by atoms with Gasteiger partial charge in [0.15, 0.2) is 0 Å². The Morgan fingerprint density at radius 3 is 2.50 bits per heavy atom. The Kier molecular flexibility index (Phi) is 4.30. The molecule has 0 radical (unpaired) electrons. The molecule has 128 valence electrons. The largest absolute Gasteiger partial charge is 0.336 e. The first-order valence-corrected chi connectivity index (χ1v) is 8.39. The molecule has 6 heteroatoms. The molecule has 1 atom stereocenters. The highest BCUT2D eigenvalue weighted by Crippen LogP contribution is 2.33. The molecule has 1 unspecified atom stereocenters. The average Bonchev–Trinajstić information content (AvgIpc) is 2.69. The standard InChI is InChI=1S/C18H23N3O3/c1-18(2)16(23)21(17(24)19-18)11-6-9-15(22)20-12-10-14(20)13-7-4-3-5-8-13/h3-5,7-8,14H,6,9-12H2,1-2H3,(H,19,24). The maximum Gasteiger partial charge on any atom is 0.325 e. The van der Waals surface area contributed by atoms with Gasteiger partial charge in [-0.1, -0.05) is 30.3 Å². The topological polar surface area (TPSA) is 69.7 Å². The van der Waals surface area contributed by atoms with Gasteiger partial charge in [-0.15, -0.1) is 0 Å². The number of nitrogens with zero attached hydrogens (tertiary/aromatic N) is 2. The predicted molar refractivity (Wildman–Crippen MR) is 89.1 cm³/mol. The first-order chi connectivity index (χ1) is 11.4. The Labute approximate surface area is 141 Å². The molecule has 0 spiro atoms. The molecule has 24 heavy (non-hydrogen) atoms. The molecule has 2 heterocycles. The molecule has 0 aliphatic carbocycles. The summed E-state index contributed by atoms with van der Waals surface area (Å²) < 4.78 is 0. The van der Waals surface area contributed by atoms with Gasteiger partial charge in [0, 0.05) is 19.5 Å². The van der Waals surface area contributed by atoms with Crippen LogP contribution in [0, 0.1) is 0 Å². The van der Waals surface area contributed by atoms with Crippen molar-refractivity contribution >= 4 is 17.8 Å². The van der Waals surface area contributed by atoms with E-state index in [1.807, 2.05) is 35.2 Å². The third-order valence-corrected chi connectivity index (χ3v) is 4.74. The molecule has 1 aromatic carbocycles. The number of carbonyl (C=O) groups is 3. The van der Waals surface area contributed by atoms with E-state index in [2.05, 4.69) is 5.32 Å². The van der Waals surface area contributed by atoms with Crippen molar-refractivity contribution in [2.45, 2.75) is 44.7 Å². The monoisotopic (exact) mass is 329 g/mol. The summed E-state index contributed by atoms with van der Waals surface area (Å²) in [5.41, 5.74) is 0.310. The van der Waals surface area contributed by atoms with E-state index in [9.17, 15) is 14.4 Å². The van der Waals surface area contributed by atoms with Crippen molar-refractivity contribution in [3.05, 3.63) is 35.9 Å². The fourth-order valence-corrected chi connectivity index (χ4v) is 3.26. The van der Waals surface area contributed by atoms with Gasteiger partial charge < -0.3 is 10.2 Å². The van der Waals surface area contributed by atoms with Gasteiger partial charge in [-0.25, -0.2) is 4.79 Å². The van der Waals surface area contributed by atoms with Crippen molar-refractivity contribution < 1.29 is 14.4 Å². The molecule has 0 saturated carbocycles. The number of urea groups is 1. The summed E-state index contributed by atoms with van der Waals surface area (Å²) in [6.45, 7) is 4.42. The Morgan fingerprint density at radius 1 is 1.25 bits per heavy atom. The maximum atomic E-state index is 12.4. The minimum absolute atomic E-state index is 0.0846. The minimum atomic E-state index is -0.850.